The molecule has 22 heteroatoms. The number of likely N-dealkylation sites (N-methyl/N-ethyl adjacent to an activating group) is 1. The summed E-state index contributed by atoms with van der Waals surface area (Å²) in [5.74, 6) is 1.42. The van der Waals surface area contributed by atoms with E-state index in [0.29, 0.717) is 49.1 Å². The van der Waals surface area contributed by atoms with Crippen LogP contribution in [0.5, 0.6) is 0 Å². The van der Waals surface area contributed by atoms with Gasteiger partial charge in [-0.3, -0.25) is 38.4 Å². The summed E-state index contributed by atoms with van der Waals surface area (Å²) in [6.45, 7) is 31.2. The molecule has 0 N–H and O–H groups in total. The summed E-state index contributed by atoms with van der Waals surface area (Å²) < 4.78 is 17.8. The zero-order chi connectivity index (χ0) is 57.8. The van der Waals surface area contributed by atoms with Crippen LogP contribution in [0.25, 0.3) is 0 Å². The lowest BCUT2D eigenvalue weighted by Gasteiger charge is -2.24. The number of amides is 4. The third-order valence-corrected chi connectivity index (χ3v) is 11.3. The summed E-state index contributed by atoms with van der Waals surface area (Å²) in [7, 11) is 22.2. The minimum absolute atomic E-state index is 0.0330. The molecule has 0 aromatic rings. The van der Waals surface area contributed by atoms with Crippen LogP contribution >= 0.6 is 35.3 Å². The second-order valence-corrected chi connectivity index (χ2v) is 24.7. The minimum Gasteiger partial charge on any atom is -0.378 e. The topological polar surface area (TPSA) is 180 Å². The maximum atomic E-state index is 11.3. The molecule has 0 saturated carbocycles. The molecule has 0 spiro atoms. The van der Waals surface area contributed by atoms with Crippen molar-refractivity contribution in [2.24, 2.45) is 0 Å². The second kappa shape index (κ2) is 49.5. The Morgan fingerprint density at radius 3 is 0.931 bits per heavy atom. The Bertz CT molecular complexity index is 1270. The number of nitrogens with zero attached hydrogens (tertiary/aromatic N) is 6. The van der Waals surface area contributed by atoms with E-state index in [1.54, 1.807) is 37.6 Å². The number of hydrogen-bond donors (Lipinski definition) is 0. The van der Waals surface area contributed by atoms with Gasteiger partial charge in [0, 0.05) is 72.1 Å². The van der Waals surface area contributed by atoms with E-state index < -0.39 is 11.9 Å². The van der Waals surface area contributed by atoms with Gasteiger partial charge in [-0.05, 0) is 57.3 Å². The summed E-state index contributed by atoms with van der Waals surface area (Å²) in [5.41, 5.74) is 0. The summed E-state index contributed by atoms with van der Waals surface area (Å²) in [6, 6.07) is 0. The van der Waals surface area contributed by atoms with Gasteiger partial charge < -0.3 is 32.9 Å². The molecule has 0 saturated heterocycles. The number of thioether (sulfide) groups is 3. The van der Waals surface area contributed by atoms with E-state index in [1.165, 1.54) is 64.6 Å². The zero-order valence-corrected chi connectivity index (χ0v) is 52.6. The summed E-state index contributed by atoms with van der Waals surface area (Å²) >= 11 is 5.53. The fourth-order valence-corrected chi connectivity index (χ4v) is 6.63. The molecule has 0 heterocycles. The zero-order valence-electron chi connectivity index (χ0n) is 50.2. The highest BCUT2D eigenvalue weighted by atomic mass is 32.2. The van der Waals surface area contributed by atoms with Crippen LogP contribution < -0.4 is 0 Å². The molecule has 0 bridgehead atoms. The van der Waals surface area contributed by atoms with E-state index in [-0.39, 0.29) is 42.3 Å². The Balaban J connectivity index is -0.000000182. The quantitative estimate of drug-likeness (QED) is 0.0613. The molecule has 0 fully saturated rings. The molecule has 72 heavy (non-hydrogen) atoms. The van der Waals surface area contributed by atoms with Gasteiger partial charge in [0.2, 0.25) is 11.8 Å². The molecule has 0 unspecified atom stereocenters. The molecule has 0 aliphatic heterocycles. The third-order valence-electron chi connectivity index (χ3n) is 7.98. The van der Waals surface area contributed by atoms with Crippen molar-refractivity contribution in [2.75, 3.05) is 135 Å². The van der Waals surface area contributed by atoms with Crippen molar-refractivity contribution in [2.45, 2.75) is 157 Å². The number of carbonyl (C=O) groups excluding carboxylic acids is 6. The van der Waals surface area contributed by atoms with Crippen LogP contribution in [0.3, 0.4) is 0 Å². The van der Waals surface area contributed by atoms with Gasteiger partial charge in [-0.15, -0.1) is 0 Å². The van der Waals surface area contributed by atoms with Crippen molar-refractivity contribution >= 4 is 70.9 Å². The molecule has 0 aromatic carbocycles. The standard InChI is InChI=1S/C9H17NO4.C9H17NO3S.C8H17NO3.C8H17NO2S.C8H20NO.C8H20NS/c1-7(2)13-6-5-9(12)10(4)14-8(3)11;1-7(2)14-6-5-9(12)10(4)13-8(3)11;2*1-7(2)12-6-5-8(10)9(3)11-4;2*1-8(2)10-7-6-9(3,4)5/h2*7H,5-6H2,1-4H3;2*7H,5-6H2,1-4H3;2*8H,6-7H2,1-5H3/q;;;;2*+1. The van der Waals surface area contributed by atoms with Gasteiger partial charge in [0.1, 0.15) is 6.54 Å². The lowest BCUT2D eigenvalue weighted by atomic mass is 10.4. The van der Waals surface area contributed by atoms with Crippen molar-refractivity contribution in [3.05, 3.63) is 0 Å². The molecular weight excluding hydrogens is 989 g/mol. The molecule has 19 nitrogen and oxygen atoms in total. The first kappa shape index (κ1) is 81.0. The lowest BCUT2D eigenvalue weighted by molar-refractivity contribution is -0.870. The maximum absolute atomic E-state index is 11.3. The van der Waals surface area contributed by atoms with E-state index >= 15 is 0 Å². The predicted molar refractivity (Wildman–Crippen MR) is 299 cm³/mol. The predicted octanol–water partition coefficient (Wildman–Crippen LogP) is 7.50. The van der Waals surface area contributed by atoms with Crippen LogP contribution in [0.4, 0.5) is 0 Å². The summed E-state index contributed by atoms with van der Waals surface area (Å²) in [5, 5.41) is 6.26. The van der Waals surface area contributed by atoms with E-state index in [4.69, 9.17) is 23.9 Å². The first-order chi connectivity index (χ1) is 32.8. The van der Waals surface area contributed by atoms with Crippen LogP contribution in [0.15, 0.2) is 0 Å². The lowest BCUT2D eigenvalue weighted by Crippen LogP contribution is -2.38. The fourth-order valence-electron chi connectivity index (χ4n) is 3.97. The molecule has 0 aliphatic rings. The van der Waals surface area contributed by atoms with Crippen molar-refractivity contribution in [1.29, 1.82) is 0 Å². The number of rotatable bonds is 26. The van der Waals surface area contributed by atoms with Crippen molar-refractivity contribution in [1.82, 2.24) is 20.3 Å². The molecule has 0 aromatic heterocycles. The van der Waals surface area contributed by atoms with Crippen molar-refractivity contribution in [3.63, 3.8) is 0 Å². The fraction of sp³-hybridized carbons (Fsp3) is 0.880. The highest BCUT2D eigenvalue weighted by Crippen LogP contribution is 2.12. The van der Waals surface area contributed by atoms with Gasteiger partial charge in [0.25, 0.3) is 11.8 Å². The first-order valence-electron chi connectivity index (χ1n) is 24.7. The highest BCUT2D eigenvalue weighted by molar-refractivity contribution is 8.00. The Kier molecular flexibility index (Phi) is 55.6. The minimum atomic E-state index is -0.509. The van der Waals surface area contributed by atoms with Crippen LogP contribution in [-0.4, -0.2) is 234 Å². The van der Waals surface area contributed by atoms with Gasteiger partial charge in [-0.25, -0.2) is 10.1 Å². The second-order valence-electron chi connectivity index (χ2n) is 19.6. The molecule has 432 valence electrons. The van der Waals surface area contributed by atoms with Gasteiger partial charge in [-0.2, -0.15) is 45.4 Å². The van der Waals surface area contributed by atoms with Crippen molar-refractivity contribution in [3.8, 4) is 0 Å². The van der Waals surface area contributed by atoms with Crippen molar-refractivity contribution < 1.29 is 71.3 Å². The van der Waals surface area contributed by atoms with E-state index in [2.05, 4.69) is 107 Å². The van der Waals surface area contributed by atoms with Crippen LogP contribution in [0, 0.1) is 0 Å². The summed E-state index contributed by atoms with van der Waals surface area (Å²) in [6.07, 6.45) is 2.16. The number of carbonyl (C=O) groups is 6. The van der Waals surface area contributed by atoms with Gasteiger partial charge in [-0.1, -0.05) is 41.5 Å². The average molecular weight is 1100 g/mol. The van der Waals surface area contributed by atoms with Gasteiger partial charge in [0.05, 0.1) is 114 Å². The molecule has 0 aliphatic carbocycles. The number of quaternary nitrogens is 2. The molecule has 4 amide bonds. The average Bonchev–Trinajstić information content (AvgIpc) is 3.21. The SMILES string of the molecule is CC(=O)ON(C)C(=O)CCOC(C)C.CC(=O)ON(C)C(=O)CCSC(C)C.CC(C)OCC[N+](C)(C)C.CC(C)SCC[N+](C)(C)C.CON(C)C(=O)CCOC(C)C.CON(C)C(=O)CCSC(C)C. The number of hydroxylamine groups is 8. The molecular formula is C50H108N6O13S3+2. The Hall–Kier alpha value is -2.41. The normalized spacial score (nSPS) is 10.9. The highest BCUT2D eigenvalue weighted by Gasteiger charge is 2.14. The van der Waals surface area contributed by atoms with E-state index in [0.717, 1.165) is 49.0 Å². The number of ether oxygens (including phenoxy) is 3. The van der Waals surface area contributed by atoms with E-state index in [9.17, 15) is 28.8 Å². The van der Waals surface area contributed by atoms with Crippen LogP contribution in [0.1, 0.15) is 123 Å². The Morgan fingerprint density at radius 1 is 0.403 bits per heavy atom. The van der Waals surface area contributed by atoms with E-state index in [1.807, 2.05) is 39.5 Å². The van der Waals surface area contributed by atoms with Crippen LogP contribution in [0.2, 0.25) is 0 Å². The Morgan fingerprint density at radius 2 is 0.667 bits per heavy atom. The first-order valence-corrected chi connectivity index (χ1v) is 27.8. The molecule has 0 rings (SSSR count). The monoisotopic (exact) mass is 1100 g/mol. The molecule has 0 radical (unpaired) electrons. The number of hydrogen-bond acceptors (Lipinski definition) is 16. The largest absolute Gasteiger partial charge is 0.378 e. The Labute approximate surface area is 452 Å². The molecule has 0 atom stereocenters. The van der Waals surface area contributed by atoms with Gasteiger partial charge >= 0.3 is 11.9 Å². The summed E-state index contributed by atoms with van der Waals surface area (Å²) in [4.78, 5) is 84.4. The smallest absolute Gasteiger partial charge is 0.329 e. The third kappa shape index (κ3) is 74.1. The van der Waals surface area contributed by atoms with Crippen LogP contribution in [-0.2, 0) is 62.3 Å². The maximum Gasteiger partial charge on any atom is 0.329 e. The van der Waals surface area contributed by atoms with Gasteiger partial charge in [0.15, 0.2) is 0 Å².